The number of ether oxygens (including phenoxy) is 1. The van der Waals surface area contributed by atoms with Crippen molar-refractivity contribution in [1.29, 1.82) is 0 Å². The molecule has 0 saturated carbocycles. The number of benzene rings is 4. The van der Waals surface area contributed by atoms with Crippen molar-refractivity contribution in [1.82, 2.24) is 10.2 Å². The van der Waals surface area contributed by atoms with Gasteiger partial charge < -0.3 is 15.4 Å². The summed E-state index contributed by atoms with van der Waals surface area (Å²) in [4.78, 5) is 10.9. The number of aryl methyl sites for hydroxylation is 1. The Morgan fingerprint density at radius 2 is 1.33 bits per heavy atom. The lowest BCUT2D eigenvalue weighted by molar-refractivity contribution is 0.304. The maximum Gasteiger partial charge on any atom is 0.298 e. The molecule has 0 amide bonds. The van der Waals surface area contributed by atoms with Crippen molar-refractivity contribution < 1.29 is 8.93 Å². The minimum absolute atomic E-state index is 0.357. The average Bonchev–Trinajstić information content (AvgIpc) is 3.05. The first kappa shape index (κ1) is 30.2. The Balaban J connectivity index is 1.06. The first-order valence-corrected chi connectivity index (χ1v) is 16.5. The van der Waals surface area contributed by atoms with E-state index < -0.39 is 7.57 Å². The van der Waals surface area contributed by atoms with Gasteiger partial charge in [-0.3, -0.25) is 5.32 Å². The Hall–Kier alpha value is -4.22. The summed E-state index contributed by atoms with van der Waals surface area (Å²) in [5, 5.41) is 5.23. The van der Waals surface area contributed by atoms with Crippen LogP contribution < -0.4 is 31.7 Å². The van der Waals surface area contributed by atoms with Crippen LogP contribution in [0.4, 0.5) is 4.20 Å². The van der Waals surface area contributed by atoms with Gasteiger partial charge in [0, 0.05) is 14.1 Å². The first-order chi connectivity index (χ1) is 20.9. The van der Waals surface area contributed by atoms with E-state index in [-0.39, 0.29) is 6.17 Å². The number of nitrogens with one attached hydrogen (secondary N) is 1. The van der Waals surface area contributed by atoms with Gasteiger partial charge in [0.25, 0.3) is 7.57 Å². The highest BCUT2D eigenvalue weighted by atomic mass is 31.2. The third-order valence-electron chi connectivity index (χ3n) is 7.49. The largest absolute Gasteiger partial charge is 0.494 e. The lowest BCUT2D eigenvalue weighted by Crippen LogP contribution is -2.46. The Kier molecular flexibility index (Phi) is 10.1. The molecule has 3 N–H and O–H groups in total. The summed E-state index contributed by atoms with van der Waals surface area (Å²) in [7, 11) is 0.649. The summed E-state index contributed by atoms with van der Waals surface area (Å²) in [6, 6.07) is 35.2. The fraction of sp³-hybridized carbons (Fsp3) is 0.257. The second kappa shape index (κ2) is 14.3. The lowest BCUT2D eigenvalue weighted by atomic mass is 10.1. The molecule has 0 spiro atoms. The van der Waals surface area contributed by atoms with E-state index >= 15 is 4.20 Å². The molecule has 1 aliphatic rings. The molecular formula is C35H40FN5OP+. The van der Waals surface area contributed by atoms with Crippen LogP contribution in [0.2, 0.25) is 0 Å². The SMILES string of the molecule is CN(C)C1=NC(c2ccc(OCCCCCCc3ccc([P+](F)(c4ccccc4)c4ccccc4)cc3)cc2)N=C(N)N1. The van der Waals surface area contributed by atoms with Gasteiger partial charge in [0.2, 0.25) is 5.96 Å². The fourth-order valence-electron chi connectivity index (χ4n) is 5.12. The van der Waals surface area contributed by atoms with Crippen molar-refractivity contribution >= 4 is 35.4 Å². The molecule has 0 aliphatic carbocycles. The monoisotopic (exact) mass is 596 g/mol. The van der Waals surface area contributed by atoms with Crippen LogP contribution >= 0.6 is 7.57 Å². The van der Waals surface area contributed by atoms with Crippen LogP contribution in [0.3, 0.4) is 0 Å². The molecule has 0 aromatic heterocycles. The summed E-state index contributed by atoms with van der Waals surface area (Å²) in [5.41, 5.74) is 8.13. The summed E-state index contributed by atoms with van der Waals surface area (Å²) >= 11 is 0. The zero-order chi connectivity index (χ0) is 30.1. The molecule has 4 aromatic carbocycles. The third-order valence-corrected chi connectivity index (χ3v) is 10.5. The van der Waals surface area contributed by atoms with Gasteiger partial charge in [-0.2, -0.15) is 0 Å². The first-order valence-electron chi connectivity index (χ1n) is 14.8. The second-order valence-corrected chi connectivity index (χ2v) is 13.6. The van der Waals surface area contributed by atoms with Crippen LogP contribution in [0.5, 0.6) is 5.75 Å². The number of halogens is 1. The highest BCUT2D eigenvalue weighted by Crippen LogP contribution is 2.56. The molecule has 4 aromatic rings. The molecule has 222 valence electrons. The van der Waals surface area contributed by atoms with Crippen molar-refractivity contribution in [3.05, 3.63) is 120 Å². The minimum atomic E-state index is -3.17. The molecular weight excluding hydrogens is 556 g/mol. The van der Waals surface area contributed by atoms with Crippen LogP contribution in [0.15, 0.2) is 119 Å². The number of nitrogens with two attached hydrogens (primary N) is 1. The van der Waals surface area contributed by atoms with Crippen LogP contribution in [0.25, 0.3) is 0 Å². The molecule has 0 saturated heterocycles. The van der Waals surface area contributed by atoms with Gasteiger partial charge in [-0.25, -0.2) is 9.98 Å². The maximum atomic E-state index is 16.9. The molecule has 6 nitrogen and oxygen atoms in total. The van der Waals surface area contributed by atoms with Crippen LogP contribution in [0.1, 0.15) is 43.0 Å². The smallest absolute Gasteiger partial charge is 0.298 e. The molecule has 0 radical (unpaired) electrons. The molecule has 1 unspecified atom stereocenters. The highest BCUT2D eigenvalue weighted by molar-refractivity contribution is 7.91. The van der Waals surface area contributed by atoms with Gasteiger partial charge in [0.15, 0.2) is 12.1 Å². The summed E-state index contributed by atoms with van der Waals surface area (Å²) < 4.78 is 22.9. The van der Waals surface area contributed by atoms with E-state index in [4.69, 9.17) is 10.5 Å². The number of aliphatic imine (C=N–C) groups is 2. The molecule has 1 atom stereocenters. The van der Waals surface area contributed by atoms with E-state index in [1.807, 2.05) is 116 Å². The molecule has 0 bridgehead atoms. The van der Waals surface area contributed by atoms with Gasteiger partial charge in [-0.05, 0) is 83.1 Å². The Bertz CT molecular complexity index is 1470. The van der Waals surface area contributed by atoms with E-state index in [9.17, 15) is 0 Å². The van der Waals surface area contributed by atoms with Crippen LogP contribution in [-0.4, -0.2) is 37.5 Å². The van der Waals surface area contributed by atoms with Gasteiger partial charge >= 0.3 is 0 Å². The zero-order valence-corrected chi connectivity index (χ0v) is 25.8. The van der Waals surface area contributed by atoms with Crippen LogP contribution in [-0.2, 0) is 6.42 Å². The summed E-state index contributed by atoms with van der Waals surface area (Å²) in [6.07, 6.45) is 4.94. The Labute approximate surface area is 255 Å². The van der Waals surface area contributed by atoms with E-state index in [1.165, 1.54) is 5.56 Å². The zero-order valence-electron chi connectivity index (χ0n) is 24.9. The van der Waals surface area contributed by atoms with Gasteiger partial charge in [-0.15, -0.1) is 0 Å². The number of guanidine groups is 2. The predicted octanol–water partition coefficient (Wildman–Crippen LogP) is 5.88. The van der Waals surface area contributed by atoms with E-state index in [2.05, 4.69) is 27.4 Å². The van der Waals surface area contributed by atoms with Gasteiger partial charge in [-0.1, -0.05) is 73.5 Å². The summed E-state index contributed by atoms with van der Waals surface area (Å²) in [6.45, 7) is 0.677. The Morgan fingerprint density at radius 3 is 1.93 bits per heavy atom. The average molecular weight is 597 g/mol. The number of hydrogen-bond acceptors (Lipinski definition) is 6. The normalized spacial score (nSPS) is 14.8. The topological polar surface area (TPSA) is 75.2 Å². The van der Waals surface area contributed by atoms with E-state index in [1.54, 1.807) is 0 Å². The van der Waals surface area contributed by atoms with Crippen molar-refractivity contribution in [3.8, 4) is 5.75 Å². The fourth-order valence-corrected chi connectivity index (χ4v) is 7.75. The number of hydrogen-bond donors (Lipinski definition) is 2. The number of unbranched alkanes of at least 4 members (excludes halogenated alkanes) is 3. The summed E-state index contributed by atoms with van der Waals surface area (Å²) in [5.74, 6) is 1.88. The van der Waals surface area contributed by atoms with Gasteiger partial charge in [0.05, 0.1) is 6.61 Å². The van der Waals surface area contributed by atoms with E-state index in [0.29, 0.717) is 18.5 Å². The Morgan fingerprint density at radius 1 is 0.744 bits per heavy atom. The van der Waals surface area contributed by atoms with E-state index in [0.717, 1.165) is 59.3 Å². The van der Waals surface area contributed by atoms with Crippen molar-refractivity contribution in [2.45, 2.75) is 38.3 Å². The molecule has 1 heterocycles. The lowest BCUT2D eigenvalue weighted by Gasteiger charge is -2.23. The van der Waals surface area contributed by atoms with Crippen molar-refractivity contribution in [3.63, 3.8) is 0 Å². The molecule has 5 rings (SSSR count). The maximum absolute atomic E-state index is 16.9. The molecule has 8 heteroatoms. The molecule has 1 aliphatic heterocycles. The van der Waals surface area contributed by atoms with Crippen molar-refractivity contribution in [2.24, 2.45) is 15.7 Å². The molecule has 43 heavy (non-hydrogen) atoms. The van der Waals surface area contributed by atoms with Crippen molar-refractivity contribution in [2.75, 3.05) is 20.7 Å². The van der Waals surface area contributed by atoms with Crippen LogP contribution in [0, 0.1) is 0 Å². The number of rotatable bonds is 12. The second-order valence-electron chi connectivity index (χ2n) is 10.9. The predicted molar refractivity (Wildman–Crippen MR) is 179 cm³/mol. The third kappa shape index (κ3) is 7.60. The molecule has 0 fully saturated rings. The standard InChI is InChI=1S/C35H40FN5OP/c1-41(2)35-39-33(38-34(37)40-35)28-20-22-29(23-21-28)42-26-12-4-3-7-13-27-18-24-32(25-19-27)43(36,30-14-8-5-9-15-30)31-16-10-6-11-17-31/h5-6,8-11,14-25,33H,3-4,7,12-13,26H2,1-2H3,(H3,37,38,39,40)/q+1. The quantitative estimate of drug-likeness (QED) is 0.158. The highest BCUT2D eigenvalue weighted by Gasteiger charge is 2.47. The number of nitrogens with zero attached hydrogens (tertiary/aromatic N) is 3. The van der Waals surface area contributed by atoms with Gasteiger partial charge in [0.1, 0.15) is 21.7 Å². The minimum Gasteiger partial charge on any atom is -0.494 e.